The number of rotatable bonds is 10. The molecule has 0 spiro atoms. The number of alkyl carbamates (subject to hydrolysis) is 1. The van der Waals surface area contributed by atoms with E-state index in [4.69, 9.17) is 14.2 Å². The fraction of sp³-hybridized carbons (Fsp3) is 0.875. The maximum Gasteiger partial charge on any atom is 0.407 e. The first kappa shape index (κ1) is 22.6. The number of hydrogen-bond acceptors (Lipinski definition) is 5. The van der Waals surface area contributed by atoms with Crippen molar-refractivity contribution in [2.24, 2.45) is 0 Å². The van der Waals surface area contributed by atoms with Crippen LogP contribution in [0.25, 0.3) is 0 Å². The van der Waals surface area contributed by atoms with Gasteiger partial charge < -0.3 is 19.5 Å². The molecule has 1 atom stereocenters. The average Bonchev–Trinajstić information content (AvgIpc) is 2.37. The Labute approximate surface area is 142 Å². The number of alkyl halides is 2. The second-order valence-corrected chi connectivity index (χ2v) is 6.58. The Bertz CT molecular complexity index is 391. The molecule has 0 radical (unpaired) electrons. The van der Waals surface area contributed by atoms with E-state index in [0.717, 1.165) is 6.92 Å². The lowest BCUT2D eigenvalue weighted by Crippen LogP contribution is -2.42. The number of nitrogens with one attached hydrogen (secondary N) is 1. The molecule has 1 N–H and O–H groups in total. The molecular weight excluding hydrogens is 324 g/mol. The molecule has 0 saturated carbocycles. The number of esters is 1. The van der Waals surface area contributed by atoms with Gasteiger partial charge >= 0.3 is 12.1 Å². The second kappa shape index (κ2) is 10.4. The molecule has 0 bridgehead atoms. The number of ether oxygens (including phenoxy) is 3. The van der Waals surface area contributed by atoms with E-state index in [1.165, 1.54) is 0 Å². The van der Waals surface area contributed by atoms with Gasteiger partial charge in [-0.1, -0.05) is 0 Å². The smallest absolute Gasteiger partial charge is 0.407 e. The van der Waals surface area contributed by atoms with Crippen LogP contribution in [0, 0.1) is 0 Å². The van der Waals surface area contributed by atoms with Crippen LogP contribution < -0.4 is 5.32 Å². The molecule has 1 amide bonds. The summed E-state index contributed by atoms with van der Waals surface area (Å²) >= 11 is 0. The molecule has 8 heteroatoms. The Morgan fingerprint density at radius 3 is 2.29 bits per heavy atom. The van der Waals surface area contributed by atoms with E-state index in [2.05, 4.69) is 5.32 Å². The standard InChI is InChI=1S/C16H29F2NO5/c1-6-23-13(20)8-10-22-11-12(7-9-16(5,17)18)19-14(21)24-15(2,3)4/h12H,6-11H2,1-5H3,(H,19,21)/t12-/m0/s1. The third kappa shape index (κ3) is 14.2. The molecule has 24 heavy (non-hydrogen) atoms. The van der Waals surface area contributed by atoms with Crippen LogP contribution >= 0.6 is 0 Å². The maximum absolute atomic E-state index is 13.0. The Morgan fingerprint density at radius 2 is 1.79 bits per heavy atom. The zero-order valence-corrected chi connectivity index (χ0v) is 15.1. The molecule has 0 unspecified atom stereocenters. The highest BCUT2D eigenvalue weighted by atomic mass is 19.3. The molecule has 0 aliphatic heterocycles. The minimum Gasteiger partial charge on any atom is -0.466 e. The molecule has 0 aliphatic carbocycles. The van der Waals surface area contributed by atoms with E-state index < -0.39 is 36.0 Å². The zero-order chi connectivity index (χ0) is 18.8. The van der Waals surface area contributed by atoms with Gasteiger partial charge in [0.1, 0.15) is 5.60 Å². The van der Waals surface area contributed by atoms with E-state index >= 15 is 0 Å². The number of hydrogen-bond donors (Lipinski definition) is 1. The minimum atomic E-state index is -2.83. The van der Waals surface area contributed by atoms with Crippen molar-refractivity contribution in [1.82, 2.24) is 5.32 Å². The third-order valence-electron chi connectivity index (χ3n) is 2.73. The number of carbonyl (C=O) groups excluding carboxylic acids is 2. The van der Waals surface area contributed by atoms with Gasteiger partial charge in [0.25, 0.3) is 0 Å². The first-order chi connectivity index (χ1) is 10.9. The van der Waals surface area contributed by atoms with Crippen molar-refractivity contribution in [1.29, 1.82) is 0 Å². The van der Waals surface area contributed by atoms with Crippen LogP contribution in [0.4, 0.5) is 13.6 Å². The Morgan fingerprint density at radius 1 is 1.17 bits per heavy atom. The molecule has 6 nitrogen and oxygen atoms in total. The molecule has 0 rings (SSSR count). The number of halogens is 2. The van der Waals surface area contributed by atoms with Crippen LogP contribution in [-0.2, 0) is 19.0 Å². The Balaban J connectivity index is 4.37. The topological polar surface area (TPSA) is 73.9 Å². The molecular formula is C16H29F2NO5. The molecule has 142 valence electrons. The molecule has 0 aliphatic rings. The number of carbonyl (C=O) groups is 2. The molecule has 0 aromatic rings. The van der Waals surface area contributed by atoms with E-state index in [1.54, 1.807) is 27.7 Å². The third-order valence-corrected chi connectivity index (χ3v) is 2.73. The van der Waals surface area contributed by atoms with Gasteiger partial charge in [-0.15, -0.1) is 0 Å². The average molecular weight is 353 g/mol. The lowest BCUT2D eigenvalue weighted by molar-refractivity contribution is -0.144. The highest BCUT2D eigenvalue weighted by Gasteiger charge is 2.25. The highest BCUT2D eigenvalue weighted by molar-refractivity contribution is 5.69. The van der Waals surface area contributed by atoms with Crippen LogP contribution in [0.2, 0.25) is 0 Å². The van der Waals surface area contributed by atoms with Crippen molar-refractivity contribution in [3.63, 3.8) is 0 Å². The van der Waals surface area contributed by atoms with Crippen molar-refractivity contribution in [3.8, 4) is 0 Å². The second-order valence-electron chi connectivity index (χ2n) is 6.58. The first-order valence-corrected chi connectivity index (χ1v) is 8.03. The maximum atomic E-state index is 13.0. The van der Waals surface area contributed by atoms with E-state index in [0.29, 0.717) is 0 Å². The van der Waals surface area contributed by atoms with Crippen molar-refractivity contribution < 1.29 is 32.6 Å². The van der Waals surface area contributed by atoms with Gasteiger partial charge in [0.05, 0.1) is 32.3 Å². The molecule has 0 aromatic heterocycles. The normalized spacial score (nSPS) is 13.3. The predicted octanol–water partition coefficient (Wildman–Crippen LogP) is 3.28. The van der Waals surface area contributed by atoms with Crippen molar-refractivity contribution in [2.75, 3.05) is 19.8 Å². The van der Waals surface area contributed by atoms with Gasteiger partial charge in [-0.3, -0.25) is 4.79 Å². The quantitative estimate of drug-likeness (QED) is 0.482. The largest absolute Gasteiger partial charge is 0.466 e. The fourth-order valence-electron chi connectivity index (χ4n) is 1.71. The van der Waals surface area contributed by atoms with Gasteiger partial charge in [-0.05, 0) is 41.0 Å². The zero-order valence-electron chi connectivity index (χ0n) is 15.1. The van der Waals surface area contributed by atoms with E-state index in [-0.39, 0.29) is 32.7 Å². The van der Waals surface area contributed by atoms with Gasteiger partial charge in [0.15, 0.2) is 0 Å². The summed E-state index contributed by atoms with van der Waals surface area (Å²) in [6.45, 7) is 8.02. The first-order valence-electron chi connectivity index (χ1n) is 8.03. The number of amides is 1. The summed E-state index contributed by atoms with van der Waals surface area (Å²) in [6, 6.07) is -0.632. The summed E-state index contributed by atoms with van der Waals surface area (Å²) in [5.74, 6) is -3.23. The summed E-state index contributed by atoms with van der Waals surface area (Å²) in [6.07, 6.45) is -0.991. The Kier molecular flexibility index (Phi) is 9.80. The predicted molar refractivity (Wildman–Crippen MR) is 85.1 cm³/mol. The molecule has 0 heterocycles. The summed E-state index contributed by atoms with van der Waals surface area (Å²) in [4.78, 5) is 23.0. The van der Waals surface area contributed by atoms with Crippen molar-refractivity contribution >= 4 is 12.1 Å². The Hall–Kier alpha value is -1.44. The van der Waals surface area contributed by atoms with E-state index in [1.807, 2.05) is 0 Å². The van der Waals surface area contributed by atoms with Crippen LogP contribution in [0.5, 0.6) is 0 Å². The summed E-state index contributed by atoms with van der Waals surface area (Å²) in [5.41, 5.74) is -0.686. The molecule has 0 fully saturated rings. The van der Waals surface area contributed by atoms with Gasteiger partial charge in [-0.25, -0.2) is 13.6 Å². The van der Waals surface area contributed by atoms with Gasteiger partial charge in [0.2, 0.25) is 5.92 Å². The lowest BCUT2D eigenvalue weighted by atomic mass is 10.1. The van der Waals surface area contributed by atoms with Crippen LogP contribution in [0.3, 0.4) is 0 Å². The lowest BCUT2D eigenvalue weighted by Gasteiger charge is -2.24. The highest BCUT2D eigenvalue weighted by Crippen LogP contribution is 2.20. The van der Waals surface area contributed by atoms with Gasteiger partial charge in [0, 0.05) is 6.42 Å². The minimum absolute atomic E-state index is 0.00866. The van der Waals surface area contributed by atoms with E-state index in [9.17, 15) is 18.4 Å². The summed E-state index contributed by atoms with van der Waals surface area (Å²) in [5, 5.41) is 2.52. The SMILES string of the molecule is CCOC(=O)CCOC[C@H](CCC(C)(F)F)NC(=O)OC(C)(C)C. The monoisotopic (exact) mass is 353 g/mol. The van der Waals surface area contributed by atoms with Crippen LogP contribution in [0.15, 0.2) is 0 Å². The van der Waals surface area contributed by atoms with Crippen LogP contribution in [0.1, 0.15) is 53.9 Å². The van der Waals surface area contributed by atoms with Crippen molar-refractivity contribution in [2.45, 2.75) is 71.4 Å². The fourth-order valence-corrected chi connectivity index (χ4v) is 1.71. The van der Waals surface area contributed by atoms with Gasteiger partial charge in [-0.2, -0.15) is 0 Å². The van der Waals surface area contributed by atoms with Crippen LogP contribution in [-0.4, -0.2) is 49.4 Å². The molecule has 0 aromatic carbocycles. The summed E-state index contributed by atoms with van der Waals surface area (Å²) in [7, 11) is 0. The van der Waals surface area contributed by atoms with Crippen molar-refractivity contribution in [3.05, 3.63) is 0 Å². The summed E-state index contributed by atoms with van der Waals surface area (Å²) < 4.78 is 41.2. The molecule has 0 saturated heterocycles.